The number of carbonyl (C=O) groups excluding carboxylic acids is 1. The summed E-state index contributed by atoms with van der Waals surface area (Å²) in [5, 5.41) is 2.62. The first-order valence-electron chi connectivity index (χ1n) is 7.52. The second-order valence-electron chi connectivity index (χ2n) is 5.23. The predicted molar refractivity (Wildman–Crippen MR) is 93.4 cm³/mol. The first-order chi connectivity index (χ1) is 11.8. The van der Waals surface area contributed by atoms with Crippen LogP contribution >= 0.6 is 0 Å². The van der Waals surface area contributed by atoms with Crippen molar-refractivity contribution in [3.63, 3.8) is 0 Å². The fourth-order valence-electron chi connectivity index (χ4n) is 2.34. The first kappa shape index (κ1) is 15.6. The van der Waals surface area contributed by atoms with Gasteiger partial charge in [0.25, 0.3) is 0 Å². The molecule has 24 heavy (non-hydrogen) atoms. The molecule has 0 N–H and O–H groups in total. The Hall–Kier alpha value is -3.27. The second kappa shape index (κ2) is 7.33. The Bertz CT molecular complexity index is 825. The van der Waals surface area contributed by atoms with E-state index in [0.29, 0.717) is 5.56 Å². The van der Waals surface area contributed by atoms with Gasteiger partial charge in [0.1, 0.15) is 18.0 Å². The Labute approximate surface area is 139 Å². The van der Waals surface area contributed by atoms with Crippen LogP contribution in [0.2, 0.25) is 0 Å². The summed E-state index contributed by atoms with van der Waals surface area (Å²) in [6, 6.07) is 24.4. The maximum atomic E-state index is 11.6. The molecule has 0 amide bonds. The van der Waals surface area contributed by atoms with Crippen LogP contribution in [0.15, 0.2) is 84.0 Å². The summed E-state index contributed by atoms with van der Waals surface area (Å²) in [6.07, 6.45) is 0. The largest absolute Gasteiger partial charge is 0.457 e. The van der Waals surface area contributed by atoms with Gasteiger partial charge in [0, 0.05) is 5.56 Å². The van der Waals surface area contributed by atoms with Crippen molar-refractivity contribution in [3.8, 4) is 22.6 Å². The molecule has 0 fully saturated rings. The first-order valence-corrected chi connectivity index (χ1v) is 7.52. The summed E-state index contributed by atoms with van der Waals surface area (Å²) >= 11 is 0. The van der Waals surface area contributed by atoms with Gasteiger partial charge in [-0.15, -0.1) is 0 Å². The minimum atomic E-state index is -0.329. The molecule has 3 aromatic rings. The van der Waals surface area contributed by atoms with Gasteiger partial charge >= 0.3 is 0 Å². The van der Waals surface area contributed by atoms with E-state index < -0.39 is 0 Å². The predicted octanol–water partition coefficient (Wildman–Crippen LogP) is 5.10. The zero-order chi connectivity index (χ0) is 16.8. The quantitative estimate of drug-likeness (QED) is 0.470. The number of Topliss-reactive ketones (excluding diaryl/α,β-unsaturated/α-hetero) is 1. The smallest absolute Gasteiger partial charge is 0.187 e. The van der Waals surface area contributed by atoms with Gasteiger partial charge in [-0.3, -0.25) is 4.79 Å². The SMILES string of the molecule is O=NCC(=O)c1ccc(-c2ccc(Oc3ccccc3)cc2)cc1. The van der Waals surface area contributed by atoms with Gasteiger partial charge in [-0.05, 0) is 35.4 Å². The molecular formula is C20H15NO3. The molecule has 4 heteroatoms. The molecule has 0 aliphatic carbocycles. The van der Waals surface area contributed by atoms with Crippen LogP contribution in [0.5, 0.6) is 11.5 Å². The van der Waals surface area contributed by atoms with E-state index in [-0.39, 0.29) is 12.3 Å². The maximum absolute atomic E-state index is 11.6. The number of ether oxygens (including phenoxy) is 1. The van der Waals surface area contributed by atoms with Crippen LogP contribution in [0.25, 0.3) is 11.1 Å². The van der Waals surface area contributed by atoms with Crippen LogP contribution in [-0.4, -0.2) is 12.3 Å². The van der Waals surface area contributed by atoms with E-state index in [1.165, 1.54) is 0 Å². The molecule has 0 unspecified atom stereocenters. The molecule has 0 heterocycles. The average Bonchev–Trinajstić information content (AvgIpc) is 2.64. The topological polar surface area (TPSA) is 55.7 Å². The fourth-order valence-corrected chi connectivity index (χ4v) is 2.34. The van der Waals surface area contributed by atoms with Gasteiger partial charge in [-0.25, -0.2) is 0 Å². The standard InChI is InChI=1S/C20H15NO3/c22-20(14-21-23)17-8-6-15(7-9-17)16-10-12-19(13-11-16)24-18-4-2-1-3-5-18/h1-13H,14H2. The molecular weight excluding hydrogens is 302 g/mol. The number of hydrogen-bond donors (Lipinski definition) is 0. The molecule has 3 rings (SSSR count). The Morgan fingerprint density at radius 3 is 1.88 bits per heavy atom. The lowest BCUT2D eigenvalue weighted by atomic mass is 10.0. The van der Waals surface area contributed by atoms with Crippen molar-refractivity contribution in [2.45, 2.75) is 0 Å². The van der Waals surface area contributed by atoms with Gasteiger partial charge in [-0.2, -0.15) is 4.91 Å². The Balaban J connectivity index is 1.73. The summed E-state index contributed by atoms with van der Waals surface area (Å²) in [5.41, 5.74) is 2.49. The molecule has 118 valence electrons. The molecule has 0 aromatic heterocycles. The molecule has 0 bridgehead atoms. The van der Waals surface area contributed by atoms with Crippen LogP contribution in [-0.2, 0) is 0 Å². The minimum absolute atomic E-state index is 0.275. The number of benzene rings is 3. The third-order valence-electron chi connectivity index (χ3n) is 3.58. The van der Waals surface area contributed by atoms with Gasteiger partial charge in [0.2, 0.25) is 0 Å². The summed E-state index contributed by atoms with van der Waals surface area (Å²) < 4.78 is 5.76. The monoisotopic (exact) mass is 317 g/mol. The molecule has 4 nitrogen and oxygen atoms in total. The van der Waals surface area contributed by atoms with Gasteiger partial charge in [0.15, 0.2) is 5.78 Å². The highest BCUT2D eigenvalue weighted by atomic mass is 16.5. The number of nitroso groups, excluding NO2 is 1. The number of rotatable bonds is 6. The molecule has 0 radical (unpaired) electrons. The zero-order valence-electron chi connectivity index (χ0n) is 12.9. The van der Waals surface area contributed by atoms with Crippen LogP contribution < -0.4 is 4.74 Å². The summed E-state index contributed by atoms with van der Waals surface area (Å²) in [6.45, 7) is -0.329. The summed E-state index contributed by atoms with van der Waals surface area (Å²) in [5.74, 6) is 1.27. The highest BCUT2D eigenvalue weighted by Crippen LogP contribution is 2.26. The Morgan fingerprint density at radius 1 is 0.750 bits per heavy atom. The number of nitrogens with zero attached hydrogens (tertiary/aromatic N) is 1. The van der Waals surface area contributed by atoms with E-state index in [4.69, 9.17) is 4.74 Å². The second-order valence-corrected chi connectivity index (χ2v) is 5.23. The molecule has 0 saturated carbocycles. The number of para-hydroxylation sites is 1. The van der Waals surface area contributed by atoms with Crippen molar-refractivity contribution in [2.75, 3.05) is 6.54 Å². The number of ketones is 1. The zero-order valence-corrected chi connectivity index (χ0v) is 12.9. The molecule has 3 aromatic carbocycles. The van der Waals surface area contributed by atoms with E-state index >= 15 is 0 Å². The third kappa shape index (κ3) is 3.73. The Morgan fingerprint density at radius 2 is 1.29 bits per heavy atom. The normalized spacial score (nSPS) is 10.2. The average molecular weight is 317 g/mol. The minimum Gasteiger partial charge on any atom is -0.457 e. The van der Waals surface area contributed by atoms with Crippen molar-refractivity contribution in [1.82, 2.24) is 0 Å². The van der Waals surface area contributed by atoms with Crippen LogP contribution in [0, 0.1) is 4.91 Å². The lowest BCUT2D eigenvalue weighted by molar-refractivity contribution is 0.100. The molecule has 0 aliphatic heterocycles. The highest BCUT2D eigenvalue weighted by Gasteiger charge is 2.06. The molecule has 0 aliphatic rings. The van der Waals surface area contributed by atoms with Gasteiger partial charge in [0.05, 0.1) is 0 Å². The highest BCUT2D eigenvalue weighted by molar-refractivity contribution is 5.98. The van der Waals surface area contributed by atoms with Crippen LogP contribution in [0.4, 0.5) is 0 Å². The van der Waals surface area contributed by atoms with E-state index in [9.17, 15) is 9.70 Å². The summed E-state index contributed by atoms with van der Waals surface area (Å²) in [4.78, 5) is 21.8. The van der Waals surface area contributed by atoms with Gasteiger partial charge < -0.3 is 4.74 Å². The van der Waals surface area contributed by atoms with Crippen LogP contribution in [0.1, 0.15) is 10.4 Å². The maximum Gasteiger partial charge on any atom is 0.187 e. The number of hydrogen-bond acceptors (Lipinski definition) is 4. The van der Waals surface area contributed by atoms with Crippen molar-refractivity contribution in [3.05, 3.63) is 89.3 Å². The van der Waals surface area contributed by atoms with Crippen molar-refractivity contribution < 1.29 is 9.53 Å². The van der Waals surface area contributed by atoms with Gasteiger partial charge in [-0.1, -0.05) is 59.8 Å². The van der Waals surface area contributed by atoms with E-state index in [2.05, 4.69) is 5.18 Å². The molecule has 0 saturated heterocycles. The summed E-state index contributed by atoms with van der Waals surface area (Å²) in [7, 11) is 0. The number of carbonyl (C=O) groups is 1. The Kier molecular flexibility index (Phi) is 4.77. The van der Waals surface area contributed by atoms with Crippen molar-refractivity contribution in [1.29, 1.82) is 0 Å². The lowest BCUT2D eigenvalue weighted by Crippen LogP contribution is -2.02. The fraction of sp³-hybridized carbons (Fsp3) is 0.0500. The van der Waals surface area contributed by atoms with E-state index in [1.807, 2.05) is 66.7 Å². The van der Waals surface area contributed by atoms with Crippen molar-refractivity contribution >= 4 is 5.78 Å². The van der Waals surface area contributed by atoms with E-state index in [1.54, 1.807) is 12.1 Å². The van der Waals surface area contributed by atoms with E-state index in [0.717, 1.165) is 22.6 Å². The third-order valence-corrected chi connectivity index (χ3v) is 3.58. The van der Waals surface area contributed by atoms with Crippen molar-refractivity contribution in [2.24, 2.45) is 5.18 Å². The lowest BCUT2D eigenvalue weighted by Gasteiger charge is -2.07. The molecule has 0 spiro atoms. The molecule has 0 atom stereocenters. The van der Waals surface area contributed by atoms with Crippen LogP contribution in [0.3, 0.4) is 0 Å².